The van der Waals surface area contributed by atoms with E-state index in [1.807, 2.05) is 0 Å². The van der Waals surface area contributed by atoms with Crippen LogP contribution in [0.4, 0.5) is 0 Å². The van der Waals surface area contributed by atoms with Gasteiger partial charge < -0.3 is 0 Å². The maximum Gasteiger partial charge on any atom is 0.171 e. The molecular formula is C16H30N+. The average Bonchev–Trinajstić information content (AvgIpc) is 2.21. The molecule has 0 heterocycles. The lowest BCUT2D eigenvalue weighted by molar-refractivity contribution is -0.449. The summed E-state index contributed by atoms with van der Waals surface area (Å²) in [4.78, 5) is 0. The van der Waals surface area contributed by atoms with E-state index in [4.69, 9.17) is 0 Å². The van der Waals surface area contributed by atoms with E-state index >= 15 is 0 Å². The molecule has 17 heavy (non-hydrogen) atoms. The van der Waals surface area contributed by atoms with Gasteiger partial charge in [-0.1, -0.05) is 44.3 Å². The zero-order valence-electron chi connectivity index (χ0n) is 12.3. The first-order valence-electron chi connectivity index (χ1n) is 6.96. The summed E-state index contributed by atoms with van der Waals surface area (Å²) in [5.74, 6) is 0. The lowest BCUT2D eigenvalue weighted by Gasteiger charge is -1.99. The summed E-state index contributed by atoms with van der Waals surface area (Å²) in [5.41, 5.74) is 2.62. The molecule has 1 heteroatoms. The molecule has 0 aromatic heterocycles. The zero-order chi connectivity index (χ0) is 13.1. The van der Waals surface area contributed by atoms with Crippen molar-refractivity contribution in [3.05, 3.63) is 23.4 Å². The molecule has 0 spiro atoms. The number of hydrogen-bond acceptors (Lipinski definition) is 0. The Labute approximate surface area is 108 Å². The molecule has 0 saturated heterocycles. The fourth-order valence-corrected chi connectivity index (χ4v) is 1.94. The molecule has 0 radical (unpaired) electrons. The highest BCUT2D eigenvalue weighted by atomic mass is 14.9. The van der Waals surface area contributed by atoms with E-state index in [2.05, 4.69) is 51.3 Å². The van der Waals surface area contributed by atoms with Crippen molar-refractivity contribution in [3.8, 4) is 0 Å². The van der Waals surface area contributed by atoms with E-state index in [1.54, 1.807) is 0 Å². The van der Waals surface area contributed by atoms with Crippen LogP contribution >= 0.6 is 0 Å². The van der Waals surface area contributed by atoms with E-state index in [0.29, 0.717) is 0 Å². The van der Waals surface area contributed by atoms with E-state index in [9.17, 15) is 0 Å². The molecule has 0 aliphatic heterocycles. The standard InChI is InChI=1S/C16H30N/c1-6-7-8-9-10-11-12-17(5)14-16(4)13-15(2)3/h13-14H,5-12H2,1-4H3/q+1/b16-14-. The molecule has 0 fully saturated rings. The average molecular weight is 236 g/mol. The van der Waals surface area contributed by atoms with E-state index in [-0.39, 0.29) is 0 Å². The summed E-state index contributed by atoms with van der Waals surface area (Å²) in [6, 6.07) is 0. The summed E-state index contributed by atoms with van der Waals surface area (Å²) < 4.78 is 2.06. The van der Waals surface area contributed by atoms with Crippen molar-refractivity contribution in [2.45, 2.75) is 66.2 Å². The number of unbranched alkanes of at least 4 members (excludes halogenated alkanes) is 5. The lowest BCUT2D eigenvalue weighted by Crippen LogP contribution is -2.04. The first-order valence-corrected chi connectivity index (χ1v) is 6.96. The molecule has 98 valence electrons. The predicted molar refractivity (Wildman–Crippen MR) is 78.8 cm³/mol. The van der Waals surface area contributed by atoms with Gasteiger partial charge in [-0.3, -0.25) is 0 Å². The minimum Gasteiger partial charge on any atom is -0.211 e. The van der Waals surface area contributed by atoms with Crippen LogP contribution in [0.15, 0.2) is 23.4 Å². The smallest absolute Gasteiger partial charge is 0.171 e. The van der Waals surface area contributed by atoms with Crippen LogP contribution in [0.2, 0.25) is 0 Å². The minimum atomic E-state index is 1.07. The molecular weight excluding hydrogens is 206 g/mol. The maximum atomic E-state index is 4.05. The molecule has 0 rings (SSSR count). The van der Waals surface area contributed by atoms with Crippen LogP contribution in [-0.4, -0.2) is 17.8 Å². The van der Waals surface area contributed by atoms with Gasteiger partial charge in [0, 0.05) is 12.0 Å². The summed E-state index contributed by atoms with van der Waals surface area (Å²) in [6.45, 7) is 13.8. The number of nitrogens with zero attached hydrogens (tertiary/aromatic N) is 1. The van der Waals surface area contributed by atoms with Gasteiger partial charge in [-0.25, -0.2) is 4.58 Å². The highest BCUT2D eigenvalue weighted by molar-refractivity contribution is 5.20. The zero-order valence-corrected chi connectivity index (χ0v) is 12.3. The van der Waals surface area contributed by atoms with Crippen molar-refractivity contribution in [3.63, 3.8) is 0 Å². The van der Waals surface area contributed by atoms with Gasteiger partial charge in [-0.05, 0) is 27.2 Å². The van der Waals surface area contributed by atoms with Crippen LogP contribution in [-0.2, 0) is 0 Å². The Bertz CT molecular complexity index is 267. The fraction of sp³-hybridized carbons (Fsp3) is 0.688. The monoisotopic (exact) mass is 236 g/mol. The van der Waals surface area contributed by atoms with Crippen LogP contribution in [0.1, 0.15) is 66.2 Å². The first kappa shape index (κ1) is 16.1. The highest BCUT2D eigenvalue weighted by Gasteiger charge is 1.98. The van der Waals surface area contributed by atoms with E-state index < -0.39 is 0 Å². The highest BCUT2D eigenvalue weighted by Crippen LogP contribution is 2.05. The lowest BCUT2D eigenvalue weighted by atomic mass is 10.1. The third-order valence-electron chi connectivity index (χ3n) is 2.70. The van der Waals surface area contributed by atoms with Gasteiger partial charge in [-0.2, -0.15) is 0 Å². The Morgan fingerprint density at radius 1 is 1.00 bits per heavy atom. The largest absolute Gasteiger partial charge is 0.211 e. The molecule has 0 N–H and O–H groups in total. The maximum absolute atomic E-state index is 4.05. The Morgan fingerprint density at radius 3 is 2.18 bits per heavy atom. The molecule has 0 bridgehead atoms. The van der Waals surface area contributed by atoms with Crippen LogP contribution in [0.5, 0.6) is 0 Å². The van der Waals surface area contributed by atoms with Gasteiger partial charge in [0.1, 0.15) is 13.3 Å². The Hall–Kier alpha value is -0.850. The second kappa shape index (κ2) is 10.3. The second-order valence-corrected chi connectivity index (χ2v) is 5.17. The molecule has 1 nitrogen and oxygen atoms in total. The molecule has 0 aliphatic carbocycles. The topological polar surface area (TPSA) is 3.01 Å². The normalized spacial score (nSPS) is 11.4. The van der Waals surface area contributed by atoms with Crippen molar-refractivity contribution in [1.29, 1.82) is 0 Å². The molecule has 0 atom stereocenters. The van der Waals surface area contributed by atoms with Crippen LogP contribution in [0, 0.1) is 0 Å². The first-order chi connectivity index (χ1) is 8.06. The molecule has 0 aromatic rings. The minimum absolute atomic E-state index is 1.07. The van der Waals surface area contributed by atoms with Crippen molar-refractivity contribution in [2.24, 2.45) is 0 Å². The third-order valence-corrected chi connectivity index (χ3v) is 2.70. The summed E-state index contributed by atoms with van der Waals surface area (Å²) >= 11 is 0. The fourth-order valence-electron chi connectivity index (χ4n) is 1.94. The van der Waals surface area contributed by atoms with Crippen molar-refractivity contribution in [1.82, 2.24) is 0 Å². The van der Waals surface area contributed by atoms with Crippen LogP contribution in [0.25, 0.3) is 0 Å². The molecule has 0 aromatic carbocycles. The summed E-state index contributed by atoms with van der Waals surface area (Å²) in [6.07, 6.45) is 12.4. The van der Waals surface area contributed by atoms with Gasteiger partial charge in [0.05, 0.1) is 0 Å². The Kier molecular flexibility index (Phi) is 9.80. The molecule has 0 unspecified atom stereocenters. The number of rotatable bonds is 9. The Morgan fingerprint density at radius 2 is 1.59 bits per heavy atom. The quantitative estimate of drug-likeness (QED) is 0.231. The van der Waals surface area contributed by atoms with Gasteiger partial charge in [0.2, 0.25) is 0 Å². The SMILES string of the molecule is C=[N+](/C=C(/C)C=C(C)C)CCCCCCCC. The summed E-state index contributed by atoms with van der Waals surface area (Å²) in [7, 11) is 0. The van der Waals surface area contributed by atoms with Crippen LogP contribution < -0.4 is 0 Å². The van der Waals surface area contributed by atoms with Gasteiger partial charge in [0.25, 0.3) is 0 Å². The van der Waals surface area contributed by atoms with E-state index in [1.165, 1.54) is 49.7 Å². The van der Waals surface area contributed by atoms with Crippen LogP contribution in [0.3, 0.4) is 0 Å². The van der Waals surface area contributed by atoms with Crippen molar-refractivity contribution < 1.29 is 4.58 Å². The van der Waals surface area contributed by atoms with Crippen molar-refractivity contribution >= 4 is 6.72 Å². The summed E-state index contributed by atoms with van der Waals surface area (Å²) in [5, 5.41) is 0. The van der Waals surface area contributed by atoms with E-state index in [0.717, 1.165) is 6.54 Å². The molecule has 0 aliphatic rings. The number of allylic oxidation sites excluding steroid dienone is 3. The molecule has 0 saturated carbocycles. The molecule has 0 amide bonds. The third kappa shape index (κ3) is 11.4. The van der Waals surface area contributed by atoms with Crippen molar-refractivity contribution in [2.75, 3.05) is 6.54 Å². The second-order valence-electron chi connectivity index (χ2n) is 5.17. The van der Waals surface area contributed by atoms with Gasteiger partial charge >= 0.3 is 0 Å². The van der Waals surface area contributed by atoms with Gasteiger partial charge in [-0.15, -0.1) is 0 Å². The Balaban J connectivity index is 3.69. The predicted octanol–water partition coefficient (Wildman–Crippen LogP) is 4.93. The van der Waals surface area contributed by atoms with Gasteiger partial charge in [0.15, 0.2) is 6.20 Å². The number of hydrogen-bond donors (Lipinski definition) is 0.